The number of benzene rings is 2. The fraction of sp³-hybridized carbons (Fsp3) is 0.118. The number of aryl methyl sites for hydroxylation is 1. The maximum atomic E-state index is 12.9. The van der Waals surface area contributed by atoms with E-state index in [9.17, 15) is 18.0 Å². The Hall–Kier alpha value is -2.47. The van der Waals surface area contributed by atoms with Crippen LogP contribution in [0.3, 0.4) is 0 Å². The van der Waals surface area contributed by atoms with Crippen molar-refractivity contribution in [3.63, 3.8) is 0 Å². The van der Waals surface area contributed by atoms with Crippen LogP contribution in [0.15, 0.2) is 59.5 Å². The average Bonchev–Trinajstić information content (AvgIpc) is 2.81. The summed E-state index contributed by atoms with van der Waals surface area (Å²) in [4.78, 5) is 12.7. The highest BCUT2D eigenvalue weighted by atomic mass is 35.5. The molecule has 0 atom stereocenters. The van der Waals surface area contributed by atoms with Crippen molar-refractivity contribution >= 4 is 11.6 Å². The van der Waals surface area contributed by atoms with Crippen molar-refractivity contribution in [3.8, 4) is 16.8 Å². The molecule has 3 nitrogen and oxygen atoms in total. The van der Waals surface area contributed by atoms with E-state index in [-0.39, 0.29) is 11.1 Å². The fourth-order valence-electron chi connectivity index (χ4n) is 2.53. The Kier molecular flexibility index (Phi) is 4.01. The molecule has 0 radical (unpaired) electrons. The van der Waals surface area contributed by atoms with E-state index in [1.54, 1.807) is 31.3 Å². The number of nitrogens with zero attached hydrogens (tertiary/aromatic N) is 2. The molecule has 3 rings (SSSR count). The van der Waals surface area contributed by atoms with Crippen LogP contribution >= 0.6 is 11.6 Å². The van der Waals surface area contributed by atoms with Crippen LogP contribution in [0.5, 0.6) is 0 Å². The monoisotopic (exact) mass is 352 g/mol. The highest BCUT2D eigenvalue weighted by molar-refractivity contribution is 6.30. The predicted octanol–water partition coefficient (Wildman–Crippen LogP) is 4.52. The van der Waals surface area contributed by atoms with Crippen molar-refractivity contribution < 1.29 is 13.2 Å². The average molecular weight is 353 g/mol. The lowest BCUT2D eigenvalue weighted by atomic mass is 10.1. The summed E-state index contributed by atoms with van der Waals surface area (Å²) in [6, 6.07) is 11.4. The number of aromatic nitrogens is 2. The third-order valence-electron chi connectivity index (χ3n) is 3.61. The molecule has 7 heteroatoms. The van der Waals surface area contributed by atoms with Gasteiger partial charge in [0.15, 0.2) is 0 Å². The molecule has 1 heterocycles. The van der Waals surface area contributed by atoms with Gasteiger partial charge in [-0.05, 0) is 35.9 Å². The Balaban J connectivity index is 2.15. The smallest absolute Gasteiger partial charge is 0.288 e. The Bertz CT molecular complexity index is 957. The van der Waals surface area contributed by atoms with Gasteiger partial charge in [0.25, 0.3) is 5.56 Å². The third-order valence-corrected chi connectivity index (χ3v) is 3.84. The second kappa shape index (κ2) is 5.87. The zero-order valence-electron chi connectivity index (χ0n) is 12.5. The van der Waals surface area contributed by atoms with Crippen LogP contribution in [0, 0.1) is 0 Å². The standard InChI is InChI=1S/C17H12ClF3N2O/c1-22-10-15(11-4-2-5-12(8-11)17(19,20)21)16(24)23(22)14-7-3-6-13(18)9-14/h2-10H,1H3. The zero-order valence-corrected chi connectivity index (χ0v) is 13.3. The molecule has 2 aromatic carbocycles. The maximum Gasteiger partial charge on any atom is 0.416 e. The van der Waals surface area contributed by atoms with Gasteiger partial charge in [-0.3, -0.25) is 9.48 Å². The van der Waals surface area contributed by atoms with Crippen LogP contribution < -0.4 is 5.56 Å². The lowest BCUT2D eigenvalue weighted by Crippen LogP contribution is -2.20. The van der Waals surface area contributed by atoms with Gasteiger partial charge in [-0.1, -0.05) is 29.8 Å². The Morgan fingerprint density at radius 2 is 1.75 bits per heavy atom. The molecule has 0 saturated carbocycles. The number of rotatable bonds is 2. The summed E-state index contributed by atoms with van der Waals surface area (Å²) >= 11 is 5.94. The van der Waals surface area contributed by atoms with E-state index in [1.807, 2.05) is 0 Å². The first kappa shape index (κ1) is 16.4. The first-order valence-electron chi connectivity index (χ1n) is 6.99. The molecule has 0 N–H and O–H groups in total. The molecule has 0 saturated heterocycles. The fourth-order valence-corrected chi connectivity index (χ4v) is 2.71. The molecule has 0 aliphatic rings. The molecular weight excluding hydrogens is 341 g/mol. The lowest BCUT2D eigenvalue weighted by Gasteiger charge is -2.07. The van der Waals surface area contributed by atoms with Gasteiger partial charge in [0.2, 0.25) is 0 Å². The molecule has 0 amide bonds. The number of hydrogen-bond donors (Lipinski definition) is 0. The second-order valence-electron chi connectivity index (χ2n) is 5.29. The lowest BCUT2D eigenvalue weighted by molar-refractivity contribution is -0.137. The maximum absolute atomic E-state index is 12.9. The van der Waals surface area contributed by atoms with E-state index < -0.39 is 17.3 Å². The van der Waals surface area contributed by atoms with Crippen LogP contribution in [-0.4, -0.2) is 9.36 Å². The van der Waals surface area contributed by atoms with E-state index in [2.05, 4.69) is 0 Å². The largest absolute Gasteiger partial charge is 0.416 e. The van der Waals surface area contributed by atoms with Crippen LogP contribution in [0.2, 0.25) is 5.02 Å². The number of halogens is 4. The molecular formula is C17H12ClF3N2O. The minimum Gasteiger partial charge on any atom is -0.288 e. The van der Waals surface area contributed by atoms with E-state index in [0.29, 0.717) is 10.7 Å². The predicted molar refractivity (Wildman–Crippen MR) is 86.5 cm³/mol. The van der Waals surface area contributed by atoms with Gasteiger partial charge < -0.3 is 0 Å². The van der Waals surface area contributed by atoms with Gasteiger partial charge in [-0.15, -0.1) is 0 Å². The zero-order chi connectivity index (χ0) is 17.5. The summed E-state index contributed by atoms with van der Waals surface area (Å²) < 4.78 is 41.5. The molecule has 0 fully saturated rings. The molecule has 3 aromatic rings. The Labute approximate surface area is 140 Å². The molecule has 124 valence electrons. The summed E-state index contributed by atoms with van der Waals surface area (Å²) in [7, 11) is 1.64. The summed E-state index contributed by atoms with van der Waals surface area (Å²) in [5.74, 6) is 0. The van der Waals surface area contributed by atoms with E-state index in [0.717, 1.165) is 12.1 Å². The minimum absolute atomic E-state index is 0.184. The van der Waals surface area contributed by atoms with Crippen molar-refractivity contribution in [2.45, 2.75) is 6.18 Å². The Morgan fingerprint density at radius 3 is 2.42 bits per heavy atom. The highest BCUT2D eigenvalue weighted by Gasteiger charge is 2.30. The summed E-state index contributed by atoms with van der Waals surface area (Å²) in [6.45, 7) is 0. The van der Waals surface area contributed by atoms with Gasteiger partial charge in [-0.25, -0.2) is 4.68 Å². The molecule has 0 bridgehead atoms. The van der Waals surface area contributed by atoms with E-state index in [4.69, 9.17) is 11.6 Å². The Morgan fingerprint density at radius 1 is 1.04 bits per heavy atom. The number of alkyl halides is 3. The van der Waals surface area contributed by atoms with Crippen LogP contribution in [0.4, 0.5) is 13.2 Å². The summed E-state index contributed by atoms with van der Waals surface area (Å²) in [5.41, 5.74) is -0.278. The van der Waals surface area contributed by atoms with Crippen molar-refractivity contribution in [3.05, 3.63) is 75.7 Å². The quantitative estimate of drug-likeness (QED) is 0.666. The van der Waals surface area contributed by atoms with E-state index >= 15 is 0 Å². The molecule has 24 heavy (non-hydrogen) atoms. The molecule has 0 spiro atoms. The van der Waals surface area contributed by atoms with E-state index in [1.165, 1.54) is 27.7 Å². The number of hydrogen-bond acceptors (Lipinski definition) is 1. The molecule has 0 aliphatic carbocycles. The van der Waals surface area contributed by atoms with Crippen LogP contribution in [-0.2, 0) is 13.2 Å². The first-order chi connectivity index (χ1) is 11.3. The normalized spacial score (nSPS) is 11.7. The second-order valence-corrected chi connectivity index (χ2v) is 5.73. The minimum atomic E-state index is -4.46. The van der Waals surface area contributed by atoms with Gasteiger partial charge in [0.1, 0.15) is 0 Å². The van der Waals surface area contributed by atoms with Crippen molar-refractivity contribution in [1.82, 2.24) is 9.36 Å². The SMILES string of the molecule is Cn1cc(-c2cccc(C(F)(F)F)c2)c(=O)n1-c1cccc(Cl)c1. The van der Waals surface area contributed by atoms with Crippen molar-refractivity contribution in [2.75, 3.05) is 0 Å². The van der Waals surface area contributed by atoms with Crippen LogP contribution in [0.1, 0.15) is 5.56 Å². The topological polar surface area (TPSA) is 26.9 Å². The third kappa shape index (κ3) is 2.97. The van der Waals surface area contributed by atoms with Crippen LogP contribution in [0.25, 0.3) is 16.8 Å². The molecule has 1 aromatic heterocycles. The molecule has 0 aliphatic heterocycles. The van der Waals surface area contributed by atoms with Gasteiger partial charge >= 0.3 is 6.18 Å². The van der Waals surface area contributed by atoms with Gasteiger partial charge in [-0.2, -0.15) is 13.2 Å². The van der Waals surface area contributed by atoms with Gasteiger partial charge in [0, 0.05) is 18.3 Å². The van der Waals surface area contributed by atoms with Crippen molar-refractivity contribution in [1.29, 1.82) is 0 Å². The summed E-state index contributed by atoms with van der Waals surface area (Å²) in [6.07, 6.45) is -2.96. The molecule has 0 unspecified atom stereocenters. The highest BCUT2D eigenvalue weighted by Crippen LogP contribution is 2.31. The van der Waals surface area contributed by atoms with Gasteiger partial charge in [0.05, 0.1) is 16.8 Å². The first-order valence-corrected chi connectivity index (χ1v) is 7.37. The van der Waals surface area contributed by atoms with Crippen molar-refractivity contribution in [2.24, 2.45) is 7.05 Å². The summed E-state index contributed by atoms with van der Waals surface area (Å²) in [5, 5.41) is 0.459.